The van der Waals surface area contributed by atoms with Gasteiger partial charge in [-0.2, -0.15) is 0 Å². The summed E-state index contributed by atoms with van der Waals surface area (Å²) in [6.45, 7) is 9.22. The summed E-state index contributed by atoms with van der Waals surface area (Å²) >= 11 is 0. The van der Waals surface area contributed by atoms with Crippen molar-refractivity contribution in [1.82, 2.24) is 10.2 Å². The third kappa shape index (κ3) is 6.78. The first-order valence-electron chi connectivity index (χ1n) is 6.28. The molecule has 0 aromatic rings. The highest BCUT2D eigenvalue weighted by Gasteiger charge is 2.22. The number of nitrogens with two attached hydrogens (primary N) is 1. The van der Waals surface area contributed by atoms with Crippen LogP contribution in [-0.2, 0) is 4.79 Å². The van der Waals surface area contributed by atoms with E-state index in [1.807, 2.05) is 0 Å². The minimum Gasteiger partial charge on any atom is -0.354 e. The summed E-state index contributed by atoms with van der Waals surface area (Å²) in [6, 6.07) is 0.205. The number of hydrogen-bond donors (Lipinski definition) is 2. The fourth-order valence-electron chi connectivity index (χ4n) is 2.14. The first kappa shape index (κ1) is 20.3. The van der Waals surface area contributed by atoms with Gasteiger partial charge in [0.05, 0.1) is 6.04 Å². The minimum absolute atomic E-state index is 0. The number of piperidine rings is 1. The zero-order valence-corrected chi connectivity index (χ0v) is 13.1. The fourth-order valence-corrected chi connectivity index (χ4v) is 2.14. The molecule has 2 atom stereocenters. The summed E-state index contributed by atoms with van der Waals surface area (Å²) < 4.78 is 0. The molecule has 3 N–H and O–H groups in total. The van der Waals surface area contributed by atoms with E-state index in [0.717, 1.165) is 13.1 Å². The molecular weight excluding hydrogens is 273 g/mol. The summed E-state index contributed by atoms with van der Waals surface area (Å²) in [5.74, 6) is 0.542. The van der Waals surface area contributed by atoms with Gasteiger partial charge in [0.2, 0.25) is 5.91 Å². The first-order valence-corrected chi connectivity index (χ1v) is 6.28. The largest absolute Gasteiger partial charge is 0.354 e. The Kier molecular flexibility index (Phi) is 11.1. The van der Waals surface area contributed by atoms with Gasteiger partial charge < -0.3 is 16.0 Å². The standard InChI is InChI=1S/C12H25N3O.2ClH/c1-9(2)15-6-4-5-11(8-15)7-14-12(16)10(3)13;;/h9-11H,4-8,13H2,1-3H3,(H,14,16);2*1H/t10-,11?;;/m1../s1. The Balaban J connectivity index is 0. The predicted octanol–water partition coefficient (Wildman–Crippen LogP) is 1.41. The molecule has 0 aromatic heterocycles. The maximum Gasteiger partial charge on any atom is 0.236 e. The lowest BCUT2D eigenvalue weighted by Gasteiger charge is -2.35. The lowest BCUT2D eigenvalue weighted by atomic mass is 9.97. The average Bonchev–Trinajstić information content (AvgIpc) is 2.26. The molecule has 0 aliphatic carbocycles. The minimum atomic E-state index is -0.398. The Hall–Kier alpha value is -0.0300. The van der Waals surface area contributed by atoms with Crippen LogP contribution in [0.3, 0.4) is 0 Å². The van der Waals surface area contributed by atoms with Crippen molar-refractivity contribution in [3.8, 4) is 0 Å². The Bertz CT molecular complexity index is 237. The maximum atomic E-state index is 11.4. The van der Waals surface area contributed by atoms with E-state index in [1.165, 1.54) is 19.4 Å². The topological polar surface area (TPSA) is 58.4 Å². The van der Waals surface area contributed by atoms with E-state index < -0.39 is 6.04 Å². The van der Waals surface area contributed by atoms with Gasteiger partial charge >= 0.3 is 0 Å². The smallest absolute Gasteiger partial charge is 0.236 e. The number of amides is 1. The molecule has 110 valence electrons. The quantitative estimate of drug-likeness (QED) is 0.825. The van der Waals surface area contributed by atoms with Crippen LogP contribution in [-0.4, -0.2) is 42.5 Å². The number of hydrogen-bond acceptors (Lipinski definition) is 3. The molecule has 1 heterocycles. The second-order valence-corrected chi connectivity index (χ2v) is 5.13. The number of rotatable bonds is 4. The lowest BCUT2D eigenvalue weighted by molar-refractivity contribution is -0.122. The molecule has 0 bridgehead atoms. The average molecular weight is 300 g/mol. The van der Waals surface area contributed by atoms with Gasteiger partial charge in [-0.1, -0.05) is 0 Å². The monoisotopic (exact) mass is 299 g/mol. The van der Waals surface area contributed by atoms with E-state index in [1.54, 1.807) is 6.92 Å². The van der Waals surface area contributed by atoms with Gasteiger partial charge in [-0.05, 0) is 46.1 Å². The van der Waals surface area contributed by atoms with Gasteiger partial charge in [0.25, 0.3) is 0 Å². The SMILES string of the molecule is CC(C)N1CCCC(CNC(=O)[C@@H](C)N)C1.Cl.Cl. The Labute approximate surface area is 123 Å². The van der Waals surface area contributed by atoms with E-state index >= 15 is 0 Å². The third-order valence-corrected chi connectivity index (χ3v) is 3.26. The lowest BCUT2D eigenvalue weighted by Crippen LogP contribution is -2.46. The van der Waals surface area contributed by atoms with Gasteiger partial charge in [0, 0.05) is 19.1 Å². The number of nitrogens with zero attached hydrogens (tertiary/aromatic N) is 1. The molecule has 4 nitrogen and oxygen atoms in total. The zero-order chi connectivity index (χ0) is 12.1. The molecule has 1 fully saturated rings. The molecule has 0 spiro atoms. The van der Waals surface area contributed by atoms with Crippen molar-refractivity contribution in [2.75, 3.05) is 19.6 Å². The van der Waals surface area contributed by atoms with Crippen LogP contribution in [0.25, 0.3) is 0 Å². The van der Waals surface area contributed by atoms with E-state index in [9.17, 15) is 4.79 Å². The molecule has 0 saturated carbocycles. The molecule has 1 aliphatic rings. The molecule has 6 heteroatoms. The highest BCUT2D eigenvalue weighted by Crippen LogP contribution is 2.17. The van der Waals surface area contributed by atoms with Crippen molar-refractivity contribution in [1.29, 1.82) is 0 Å². The van der Waals surface area contributed by atoms with Crippen molar-refractivity contribution < 1.29 is 4.79 Å². The number of carbonyl (C=O) groups is 1. The van der Waals surface area contributed by atoms with Crippen LogP contribution in [0.15, 0.2) is 0 Å². The molecule has 1 saturated heterocycles. The molecular formula is C12H27Cl2N3O. The number of halogens is 2. The van der Waals surface area contributed by atoms with Crippen LogP contribution in [0, 0.1) is 5.92 Å². The number of nitrogens with one attached hydrogen (secondary N) is 1. The van der Waals surface area contributed by atoms with E-state index in [2.05, 4.69) is 24.1 Å². The third-order valence-electron chi connectivity index (χ3n) is 3.26. The molecule has 1 aliphatic heterocycles. The summed E-state index contributed by atoms with van der Waals surface area (Å²) in [5, 5.41) is 2.92. The van der Waals surface area contributed by atoms with Crippen LogP contribution < -0.4 is 11.1 Å². The van der Waals surface area contributed by atoms with E-state index in [4.69, 9.17) is 5.73 Å². The van der Waals surface area contributed by atoms with Crippen molar-refractivity contribution in [3.05, 3.63) is 0 Å². The summed E-state index contributed by atoms with van der Waals surface area (Å²) in [5.41, 5.74) is 5.50. The predicted molar refractivity (Wildman–Crippen MR) is 80.6 cm³/mol. The summed E-state index contributed by atoms with van der Waals surface area (Å²) in [7, 11) is 0. The molecule has 1 unspecified atom stereocenters. The summed E-state index contributed by atoms with van der Waals surface area (Å²) in [4.78, 5) is 13.8. The van der Waals surface area contributed by atoms with Crippen LogP contribution >= 0.6 is 24.8 Å². The van der Waals surface area contributed by atoms with E-state index in [-0.39, 0.29) is 30.7 Å². The van der Waals surface area contributed by atoms with Gasteiger partial charge in [-0.3, -0.25) is 4.79 Å². The van der Waals surface area contributed by atoms with Crippen molar-refractivity contribution in [2.24, 2.45) is 11.7 Å². The molecule has 0 radical (unpaired) electrons. The molecule has 1 amide bonds. The highest BCUT2D eigenvalue weighted by molar-refractivity contribution is 5.85. The van der Waals surface area contributed by atoms with Gasteiger partial charge in [0.15, 0.2) is 0 Å². The molecule has 18 heavy (non-hydrogen) atoms. The second kappa shape index (κ2) is 9.84. The Morgan fingerprint density at radius 2 is 2.00 bits per heavy atom. The van der Waals surface area contributed by atoms with Crippen LogP contribution in [0.1, 0.15) is 33.6 Å². The van der Waals surface area contributed by atoms with Crippen LogP contribution in [0.4, 0.5) is 0 Å². The number of likely N-dealkylation sites (tertiary alicyclic amines) is 1. The van der Waals surface area contributed by atoms with E-state index in [0.29, 0.717) is 12.0 Å². The normalized spacial score (nSPS) is 21.7. The van der Waals surface area contributed by atoms with Gasteiger partial charge in [-0.15, -0.1) is 24.8 Å². The van der Waals surface area contributed by atoms with Gasteiger partial charge in [0.1, 0.15) is 0 Å². The number of carbonyl (C=O) groups excluding carboxylic acids is 1. The Morgan fingerprint density at radius 1 is 1.39 bits per heavy atom. The van der Waals surface area contributed by atoms with Crippen LogP contribution in [0.5, 0.6) is 0 Å². The van der Waals surface area contributed by atoms with Crippen LogP contribution in [0.2, 0.25) is 0 Å². The van der Waals surface area contributed by atoms with Gasteiger partial charge in [-0.25, -0.2) is 0 Å². The Morgan fingerprint density at radius 3 is 2.50 bits per heavy atom. The molecule has 0 aromatic carbocycles. The first-order chi connectivity index (χ1) is 7.50. The zero-order valence-electron chi connectivity index (χ0n) is 11.5. The van der Waals surface area contributed by atoms with Crippen molar-refractivity contribution in [3.63, 3.8) is 0 Å². The highest BCUT2D eigenvalue weighted by atomic mass is 35.5. The maximum absolute atomic E-state index is 11.4. The molecule has 1 rings (SSSR count). The summed E-state index contributed by atoms with van der Waals surface area (Å²) in [6.07, 6.45) is 2.44. The second-order valence-electron chi connectivity index (χ2n) is 5.13. The van der Waals surface area contributed by atoms with Crippen molar-refractivity contribution in [2.45, 2.75) is 45.7 Å². The fraction of sp³-hybridized carbons (Fsp3) is 0.917. The van der Waals surface area contributed by atoms with Crippen molar-refractivity contribution >= 4 is 30.7 Å².